The molecule has 0 aromatic heterocycles. The first-order valence-electron chi connectivity index (χ1n) is 9.22. The number of aliphatic carboxylic acids is 1. The standard InChI is InChI=1S/C20H24INO3/c21-16-4-2-1-3-15(16)8-17(18(23)24)22-19(25)20-9-12-5-13(10-20)7-14(6-12)11-20/h1-4,12-14,17H,5-11H2,(H,22,25)(H,23,24)/t12?,13?,14?,17-,20?/m1/s1. The van der Waals surface area contributed by atoms with Crippen molar-refractivity contribution in [2.24, 2.45) is 23.2 Å². The summed E-state index contributed by atoms with van der Waals surface area (Å²) in [5, 5.41) is 12.5. The maximum absolute atomic E-state index is 13.1. The van der Waals surface area contributed by atoms with Crippen molar-refractivity contribution in [2.75, 3.05) is 0 Å². The van der Waals surface area contributed by atoms with E-state index in [1.54, 1.807) is 0 Å². The van der Waals surface area contributed by atoms with E-state index in [0.717, 1.165) is 28.4 Å². The molecule has 5 heteroatoms. The van der Waals surface area contributed by atoms with Gasteiger partial charge in [-0.1, -0.05) is 18.2 Å². The van der Waals surface area contributed by atoms with Crippen LogP contribution in [0.1, 0.15) is 44.1 Å². The molecule has 4 saturated carbocycles. The molecule has 134 valence electrons. The van der Waals surface area contributed by atoms with Crippen LogP contribution in [0.3, 0.4) is 0 Å². The van der Waals surface area contributed by atoms with Crippen molar-refractivity contribution in [1.29, 1.82) is 0 Å². The lowest BCUT2D eigenvalue weighted by molar-refractivity contribution is -0.151. The van der Waals surface area contributed by atoms with Gasteiger partial charge in [-0.2, -0.15) is 0 Å². The van der Waals surface area contributed by atoms with Gasteiger partial charge in [0.1, 0.15) is 6.04 Å². The fourth-order valence-electron chi connectivity index (χ4n) is 5.78. The second-order valence-electron chi connectivity index (χ2n) is 8.36. The number of hydrogen-bond acceptors (Lipinski definition) is 2. The van der Waals surface area contributed by atoms with E-state index in [1.807, 2.05) is 24.3 Å². The van der Waals surface area contributed by atoms with Gasteiger partial charge in [0.2, 0.25) is 5.91 Å². The molecule has 5 rings (SSSR count). The van der Waals surface area contributed by atoms with Crippen molar-refractivity contribution in [3.63, 3.8) is 0 Å². The minimum Gasteiger partial charge on any atom is -0.480 e. The van der Waals surface area contributed by atoms with E-state index >= 15 is 0 Å². The van der Waals surface area contributed by atoms with Crippen LogP contribution < -0.4 is 5.32 Å². The molecular weight excluding hydrogens is 429 g/mol. The molecule has 0 unspecified atom stereocenters. The van der Waals surface area contributed by atoms with Gasteiger partial charge in [0.15, 0.2) is 0 Å². The Bertz CT molecular complexity index is 667. The van der Waals surface area contributed by atoms with Crippen LogP contribution in [0.4, 0.5) is 0 Å². The van der Waals surface area contributed by atoms with Gasteiger partial charge >= 0.3 is 5.97 Å². The first-order valence-corrected chi connectivity index (χ1v) is 10.3. The zero-order chi connectivity index (χ0) is 17.6. The maximum atomic E-state index is 13.1. The summed E-state index contributed by atoms with van der Waals surface area (Å²) in [6.07, 6.45) is 7.04. The summed E-state index contributed by atoms with van der Waals surface area (Å²) in [5.74, 6) is 1.07. The monoisotopic (exact) mass is 453 g/mol. The van der Waals surface area contributed by atoms with E-state index in [1.165, 1.54) is 19.3 Å². The van der Waals surface area contributed by atoms with Crippen molar-refractivity contribution < 1.29 is 14.7 Å². The Morgan fingerprint density at radius 3 is 2.20 bits per heavy atom. The molecule has 1 aromatic carbocycles. The average Bonchev–Trinajstić information content (AvgIpc) is 2.54. The van der Waals surface area contributed by atoms with Crippen LogP contribution in [-0.2, 0) is 16.0 Å². The Morgan fingerprint density at radius 2 is 1.68 bits per heavy atom. The SMILES string of the molecule is O=C(O)[C@@H](Cc1ccccc1I)NC(=O)C12CC3CC(CC(C3)C1)C2. The molecule has 0 aliphatic heterocycles. The van der Waals surface area contributed by atoms with Crippen LogP contribution in [0.15, 0.2) is 24.3 Å². The number of carboxylic acids is 1. The highest BCUT2D eigenvalue weighted by molar-refractivity contribution is 14.1. The van der Waals surface area contributed by atoms with Crippen molar-refractivity contribution >= 4 is 34.5 Å². The van der Waals surface area contributed by atoms with Gasteiger partial charge in [-0.05, 0) is 90.5 Å². The summed E-state index contributed by atoms with van der Waals surface area (Å²) in [4.78, 5) is 24.9. The Hall–Kier alpha value is -1.11. The first-order chi connectivity index (χ1) is 11.9. The molecule has 0 radical (unpaired) electrons. The third kappa shape index (κ3) is 3.32. The van der Waals surface area contributed by atoms with Gasteiger partial charge in [-0.3, -0.25) is 4.79 Å². The molecule has 4 fully saturated rings. The number of benzene rings is 1. The number of rotatable bonds is 5. The number of nitrogens with one attached hydrogen (secondary N) is 1. The Kier molecular flexibility index (Phi) is 4.54. The number of hydrogen-bond donors (Lipinski definition) is 2. The quantitative estimate of drug-likeness (QED) is 0.670. The largest absolute Gasteiger partial charge is 0.480 e. The van der Waals surface area contributed by atoms with E-state index in [4.69, 9.17) is 0 Å². The lowest BCUT2D eigenvalue weighted by Crippen LogP contribution is -2.56. The van der Waals surface area contributed by atoms with E-state index in [2.05, 4.69) is 27.9 Å². The van der Waals surface area contributed by atoms with E-state index in [9.17, 15) is 14.7 Å². The number of carbonyl (C=O) groups excluding carboxylic acids is 1. The summed E-state index contributed by atoms with van der Waals surface area (Å²) in [6.45, 7) is 0. The van der Waals surface area contributed by atoms with Crippen LogP contribution in [0.25, 0.3) is 0 Å². The maximum Gasteiger partial charge on any atom is 0.326 e. The van der Waals surface area contributed by atoms with Crippen molar-refractivity contribution in [2.45, 2.75) is 51.0 Å². The topological polar surface area (TPSA) is 66.4 Å². The molecule has 0 saturated heterocycles. The summed E-state index contributed by atoms with van der Waals surface area (Å²) < 4.78 is 1.04. The molecule has 0 heterocycles. The van der Waals surface area contributed by atoms with E-state index in [-0.39, 0.29) is 11.3 Å². The number of amides is 1. The molecule has 1 aromatic rings. The Morgan fingerprint density at radius 1 is 1.12 bits per heavy atom. The first kappa shape index (κ1) is 17.3. The molecule has 4 bridgehead atoms. The van der Waals surface area contributed by atoms with Crippen LogP contribution in [0.5, 0.6) is 0 Å². The van der Waals surface area contributed by atoms with E-state index in [0.29, 0.717) is 24.2 Å². The van der Waals surface area contributed by atoms with Crippen LogP contribution in [0, 0.1) is 26.7 Å². The summed E-state index contributed by atoms with van der Waals surface area (Å²) in [7, 11) is 0. The Balaban J connectivity index is 1.50. The molecule has 1 atom stereocenters. The normalized spacial score (nSPS) is 33.9. The van der Waals surface area contributed by atoms with Crippen LogP contribution in [-0.4, -0.2) is 23.0 Å². The zero-order valence-corrected chi connectivity index (χ0v) is 16.4. The second-order valence-corrected chi connectivity index (χ2v) is 9.52. The third-order valence-electron chi connectivity index (χ3n) is 6.51. The van der Waals surface area contributed by atoms with Gasteiger partial charge in [0.05, 0.1) is 0 Å². The van der Waals surface area contributed by atoms with Gasteiger partial charge in [0.25, 0.3) is 0 Å². The molecule has 4 aliphatic carbocycles. The fourth-order valence-corrected chi connectivity index (χ4v) is 6.39. The molecule has 25 heavy (non-hydrogen) atoms. The number of carboxylic acid groups (broad SMARTS) is 1. The number of halogens is 1. The van der Waals surface area contributed by atoms with Gasteiger partial charge in [-0.25, -0.2) is 4.79 Å². The molecule has 4 nitrogen and oxygen atoms in total. The highest BCUT2D eigenvalue weighted by atomic mass is 127. The molecule has 1 amide bonds. The van der Waals surface area contributed by atoms with Gasteiger partial charge in [-0.15, -0.1) is 0 Å². The highest BCUT2D eigenvalue weighted by Crippen LogP contribution is 2.60. The van der Waals surface area contributed by atoms with Gasteiger partial charge < -0.3 is 10.4 Å². The smallest absolute Gasteiger partial charge is 0.326 e. The summed E-state index contributed by atoms with van der Waals surface area (Å²) in [6, 6.07) is 6.91. The predicted octanol–water partition coefficient (Wildman–Crippen LogP) is 3.62. The summed E-state index contributed by atoms with van der Waals surface area (Å²) in [5.41, 5.74) is 0.674. The third-order valence-corrected chi connectivity index (χ3v) is 7.56. The lowest BCUT2D eigenvalue weighted by atomic mass is 9.49. The average molecular weight is 453 g/mol. The van der Waals surface area contributed by atoms with Crippen molar-refractivity contribution in [3.05, 3.63) is 33.4 Å². The van der Waals surface area contributed by atoms with Crippen molar-refractivity contribution in [3.8, 4) is 0 Å². The highest BCUT2D eigenvalue weighted by Gasteiger charge is 2.54. The molecule has 0 spiro atoms. The summed E-state index contributed by atoms with van der Waals surface area (Å²) >= 11 is 2.22. The van der Waals surface area contributed by atoms with E-state index < -0.39 is 12.0 Å². The molecule has 2 N–H and O–H groups in total. The van der Waals surface area contributed by atoms with Gasteiger partial charge in [0, 0.05) is 15.4 Å². The fraction of sp³-hybridized carbons (Fsp3) is 0.600. The predicted molar refractivity (Wildman–Crippen MR) is 103 cm³/mol. The van der Waals surface area contributed by atoms with Crippen LogP contribution in [0.2, 0.25) is 0 Å². The Labute approximate surface area is 161 Å². The molecule has 4 aliphatic rings. The minimum atomic E-state index is -0.947. The molecular formula is C20H24INO3. The minimum absolute atomic E-state index is 0.00932. The second kappa shape index (κ2) is 6.56. The number of carbonyl (C=O) groups is 2. The van der Waals surface area contributed by atoms with Crippen LogP contribution >= 0.6 is 22.6 Å². The zero-order valence-electron chi connectivity index (χ0n) is 14.2. The lowest BCUT2D eigenvalue weighted by Gasteiger charge is -2.55. The van der Waals surface area contributed by atoms with Crippen molar-refractivity contribution in [1.82, 2.24) is 5.32 Å².